The summed E-state index contributed by atoms with van der Waals surface area (Å²) in [7, 11) is 1.95. The molecule has 5 N–H and O–H groups in total. The fourth-order valence-corrected chi connectivity index (χ4v) is 7.31. The van der Waals surface area contributed by atoms with Gasteiger partial charge in [0.2, 0.25) is 0 Å². The number of benzene rings is 2. The van der Waals surface area contributed by atoms with Gasteiger partial charge in [0.1, 0.15) is 5.76 Å². The molecule has 1 spiro atoms. The number of carbonyl (C=O) groups excluding carboxylic acids is 2. The molecule has 45 heavy (non-hydrogen) atoms. The van der Waals surface area contributed by atoms with Crippen LogP contribution in [0.25, 0.3) is 0 Å². The van der Waals surface area contributed by atoms with Crippen LogP contribution in [0.1, 0.15) is 49.0 Å². The van der Waals surface area contributed by atoms with Crippen LogP contribution in [0.15, 0.2) is 54.3 Å². The van der Waals surface area contributed by atoms with Crippen LogP contribution < -0.4 is 4.74 Å². The van der Waals surface area contributed by atoms with Crippen LogP contribution in [0.2, 0.25) is 0 Å². The van der Waals surface area contributed by atoms with Crippen LogP contribution in [0, 0.1) is 0 Å². The van der Waals surface area contributed by atoms with Gasteiger partial charge in [0, 0.05) is 24.4 Å². The topological polar surface area (TPSA) is 193 Å². The highest BCUT2D eigenvalue weighted by atomic mass is 16.6. The molecule has 0 amide bonds. The standard InChI is InChI=1S/C32H35NO12/c1-16(28(37)38)42-30(40)25(17-6-4-3-5-7-17)44-23(36)15-20(35)29(39)43-21-10-11-32(41)22-14-18-8-9-19(34)26-24(18)31(32,27(21)45-26)12-13-33(22)2/h3-10,16,20,22-23,25,27,34-36,41H,11-15H2,1-2H3,(H,37,38)/t16-,20-,22+,23?,25-,27-,31?,32+/m0/s1. The monoisotopic (exact) mass is 625 g/mol. The lowest BCUT2D eigenvalue weighted by atomic mass is 9.50. The number of phenols is 1. The third-order valence-electron chi connectivity index (χ3n) is 9.52. The second-order valence-electron chi connectivity index (χ2n) is 12.1. The number of rotatable bonds is 10. The zero-order valence-electron chi connectivity index (χ0n) is 24.7. The second kappa shape index (κ2) is 11.4. The number of phenolic OH excluding ortho intramolecular Hbond substituents is 1. The number of carboxylic acid groups (broad SMARTS) is 1. The summed E-state index contributed by atoms with van der Waals surface area (Å²) in [6, 6.07) is 11.0. The van der Waals surface area contributed by atoms with Crippen molar-refractivity contribution in [1.82, 2.24) is 4.90 Å². The molecule has 2 bridgehead atoms. The Balaban J connectivity index is 1.18. The number of likely N-dealkylation sites (tertiary alicyclic amines) is 1. The number of ether oxygens (including phenoxy) is 4. The van der Waals surface area contributed by atoms with Crippen molar-refractivity contribution in [3.8, 4) is 11.5 Å². The maximum absolute atomic E-state index is 13.1. The molecule has 13 heteroatoms. The molecular weight excluding hydrogens is 590 g/mol. The van der Waals surface area contributed by atoms with Crippen molar-refractivity contribution in [3.05, 3.63) is 71.0 Å². The minimum atomic E-state index is -1.91. The number of aliphatic hydroxyl groups is 3. The molecule has 240 valence electrons. The van der Waals surface area contributed by atoms with E-state index in [1.807, 2.05) is 13.1 Å². The highest BCUT2D eigenvalue weighted by Crippen LogP contribution is 2.65. The van der Waals surface area contributed by atoms with Crippen molar-refractivity contribution in [1.29, 1.82) is 0 Å². The Labute approximate surface area is 258 Å². The van der Waals surface area contributed by atoms with Crippen molar-refractivity contribution in [2.75, 3.05) is 13.6 Å². The summed E-state index contributed by atoms with van der Waals surface area (Å²) in [6.07, 6.45) is -5.76. The van der Waals surface area contributed by atoms with Gasteiger partial charge >= 0.3 is 17.9 Å². The molecule has 2 heterocycles. The molecule has 2 aliphatic carbocycles. The highest BCUT2D eigenvalue weighted by molar-refractivity contribution is 5.81. The molecule has 2 aromatic carbocycles. The van der Waals surface area contributed by atoms with Gasteiger partial charge in [0.15, 0.2) is 42.2 Å². The Morgan fingerprint density at radius 1 is 1.11 bits per heavy atom. The number of carbonyl (C=O) groups is 3. The lowest BCUT2D eigenvalue weighted by molar-refractivity contribution is -0.195. The molecule has 6 rings (SSSR count). The summed E-state index contributed by atoms with van der Waals surface area (Å²) in [6.45, 7) is 1.79. The third kappa shape index (κ3) is 4.95. The minimum Gasteiger partial charge on any atom is -0.504 e. The molecule has 13 nitrogen and oxygen atoms in total. The number of aliphatic hydroxyl groups excluding tert-OH is 2. The number of nitrogens with zero attached hydrogens (tertiary/aromatic N) is 1. The lowest BCUT2D eigenvalue weighted by Gasteiger charge is -2.61. The van der Waals surface area contributed by atoms with E-state index in [2.05, 4.69) is 4.90 Å². The molecule has 2 aromatic rings. The summed E-state index contributed by atoms with van der Waals surface area (Å²) >= 11 is 0. The largest absolute Gasteiger partial charge is 0.504 e. The van der Waals surface area contributed by atoms with Crippen LogP contribution in [-0.4, -0.2) is 98.2 Å². The maximum Gasteiger partial charge on any atom is 0.344 e. The van der Waals surface area contributed by atoms with Gasteiger partial charge in [-0.3, -0.25) is 0 Å². The van der Waals surface area contributed by atoms with E-state index in [0.717, 1.165) is 12.5 Å². The average molecular weight is 626 g/mol. The van der Waals surface area contributed by atoms with Crippen LogP contribution in [0.5, 0.6) is 11.5 Å². The second-order valence-corrected chi connectivity index (χ2v) is 12.1. The molecule has 1 saturated heterocycles. The van der Waals surface area contributed by atoms with E-state index in [-0.39, 0.29) is 35.3 Å². The van der Waals surface area contributed by atoms with E-state index in [0.29, 0.717) is 24.9 Å². The van der Waals surface area contributed by atoms with Gasteiger partial charge in [-0.25, -0.2) is 14.4 Å². The van der Waals surface area contributed by atoms with E-state index in [1.165, 1.54) is 12.1 Å². The third-order valence-corrected chi connectivity index (χ3v) is 9.52. The molecule has 0 aromatic heterocycles. The number of carboxylic acids is 1. The zero-order valence-corrected chi connectivity index (χ0v) is 24.7. The predicted octanol–water partition coefficient (Wildman–Crippen LogP) is 1.06. The van der Waals surface area contributed by atoms with E-state index in [4.69, 9.17) is 24.1 Å². The van der Waals surface area contributed by atoms with Crippen LogP contribution in [0.4, 0.5) is 0 Å². The molecule has 2 aliphatic heterocycles. The molecule has 2 unspecified atom stereocenters. The number of aromatic hydroxyl groups is 1. The summed E-state index contributed by atoms with van der Waals surface area (Å²) in [5.41, 5.74) is -0.376. The number of piperidine rings is 1. The summed E-state index contributed by atoms with van der Waals surface area (Å²) in [5.74, 6) is -3.38. The van der Waals surface area contributed by atoms with Crippen molar-refractivity contribution < 1.29 is 58.9 Å². The average Bonchev–Trinajstić information content (AvgIpc) is 3.37. The van der Waals surface area contributed by atoms with Gasteiger partial charge < -0.3 is 49.4 Å². The van der Waals surface area contributed by atoms with Gasteiger partial charge in [-0.1, -0.05) is 36.4 Å². The quantitative estimate of drug-likeness (QED) is 0.186. The first-order valence-electron chi connectivity index (χ1n) is 14.7. The van der Waals surface area contributed by atoms with Crippen molar-refractivity contribution in [2.45, 2.75) is 80.4 Å². The van der Waals surface area contributed by atoms with Crippen LogP contribution >= 0.6 is 0 Å². The summed E-state index contributed by atoms with van der Waals surface area (Å²) in [5, 5.41) is 53.3. The van der Waals surface area contributed by atoms with Crippen molar-refractivity contribution in [3.63, 3.8) is 0 Å². The number of esters is 2. The molecule has 0 radical (unpaired) electrons. The van der Waals surface area contributed by atoms with Crippen molar-refractivity contribution in [2.24, 2.45) is 0 Å². The number of likely N-dealkylation sites (N-methyl/N-ethyl adjacent to an activating group) is 1. The summed E-state index contributed by atoms with van der Waals surface area (Å²) in [4.78, 5) is 39.2. The predicted molar refractivity (Wildman–Crippen MR) is 153 cm³/mol. The molecular formula is C32H35NO12. The van der Waals surface area contributed by atoms with Gasteiger partial charge in [-0.15, -0.1) is 0 Å². The number of hydrogen-bond acceptors (Lipinski definition) is 12. The normalized spacial score (nSPS) is 28.9. The van der Waals surface area contributed by atoms with Crippen LogP contribution in [-0.2, 0) is 40.4 Å². The maximum atomic E-state index is 13.1. The molecule has 1 fully saturated rings. The fourth-order valence-electron chi connectivity index (χ4n) is 7.31. The lowest BCUT2D eigenvalue weighted by Crippen LogP contribution is -2.74. The Kier molecular flexibility index (Phi) is 7.86. The van der Waals surface area contributed by atoms with Crippen LogP contribution in [0.3, 0.4) is 0 Å². The molecule has 8 atom stereocenters. The van der Waals surface area contributed by atoms with E-state index in [9.17, 15) is 34.8 Å². The van der Waals surface area contributed by atoms with E-state index < -0.39 is 66.1 Å². The van der Waals surface area contributed by atoms with E-state index in [1.54, 1.807) is 30.3 Å². The Bertz CT molecular complexity index is 1540. The first kappa shape index (κ1) is 31.0. The molecule has 0 saturated carbocycles. The zero-order chi connectivity index (χ0) is 32.3. The Hall–Kier alpha value is -4.01. The SMILES string of the molecule is C[C@H](OC(=O)[C@@H](OC(O)C[C@H](O)C(=O)OC1=CC[C@@]2(O)[C@H]3Cc4ccc(O)c5c4C2(CCN3C)[C@H]1O5)c1ccccc1)C(=O)O. The fraction of sp³-hybridized carbons (Fsp3) is 0.469. The Morgan fingerprint density at radius 2 is 1.84 bits per heavy atom. The van der Waals surface area contributed by atoms with Gasteiger partial charge in [-0.05, 0) is 56.6 Å². The van der Waals surface area contributed by atoms with Crippen molar-refractivity contribution >= 4 is 17.9 Å². The first-order valence-corrected chi connectivity index (χ1v) is 14.7. The first-order chi connectivity index (χ1) is 21.4. The highest BCUT2D eigenvalue weighted by Gasteiger charge is 2.72. The minimum absolute atomic E-state index is 0.0688. The van der Waals surface area contributed by atoms with Gasteiger partial charge in [-0.2, -0.15) is 0 Å². The van der Waals surface area contributed by atoms with E-state index >= 15 is 0 Å². The number of aliphatic carboxylic acids is 1. The smallest absolute Gasteiger partial charge is 0.344 e. The Morgan fingerprint density at radius 3 is 2.56 bits per heavy atom. The molecule has 4 aliphatic rings. The van der Waals surface area contributed by atoms with Gasteiger partial charge in [0.05, 0.1) is 11.0 Å². The summed E-state index contributed by atoms with van der Waals surface area (Å²) < 4.78 is 22.3. The van der Waals surface area contributed by atoms with Gasteiger partial charge in [0.25, 0.3) is 0 Å². The number of hydrogen-bond donors (Lipinski definition) is 5.